The third kappa shape index (κ3) is 5.06. The number of carbonyl (C=O) groups is 1. The Labute approximate surface area is 149 Å². The number of rotatable bonds is 6. The summed E-state index contributed by atoms with van der Waals surface area (Å²) in [6, 6.07) is 17.4. The first-order valence-electron chi connectivity index (χ1n) is 7.74. The number of allylic oxidation sites excluding steroid dienone is 1. The van der Waals surface area contributed by atoms with Gasteiger partial charge in [0.25, 0.3) is 11.1 Å². The number of aromatic nitrogens is 1. The molecule has 0 bridgehead atoms. The molecule has 1 aromatic heterocycles. The fraction of sp³-hybridized carbons (Fsp3) is 0.105. The minimum Gasteiger partial charge on any atom is -0.431 e. The van der Waals surface area contributed by atoms with E-state index in [-0.39, 0.29) is 11.7 Å². The van der Waals surface area contributed by atoms with E-state index in [2.05, 4.69) is 15.5 Å². The molecule has 126 valence electrons. The Balaban J connectivity index is 1.48. The Bertz CT molecular complexity index is 884. The Morgan fingerprint density at radius 1 is 1.20 bits per heavy atom. The van der Waals surface area contributed by atoms with Crippen LogP contribution >= 0.6 is 11.8 Å². The highest BCUT2D eigenvalue weighted by Crippen LogP contribution is 2.22. The first kappa shape index (κ1) is 17.0. The number of nitrogens with one attached hydrogen (secondary N) is 1. The number of oxazole rings is 1. The largest absolute Gasteiger partial charge is 0.431 e. The Morgan fingerprint density at radius 2 is 1.96 bits per heavy atom. The molecule has 0 atom stereocenters. The van der Waals surface area contributed by atoms with Gasteiger partial charge in [0.1, 0.15) is 5.52 Å². The van der Waals surface area contributed by atoms with Gasteiger partial charge in [0, 0.05) is 0 Å². The molecule has 0 saturated carbocycles. The summed E-state index contributed by atoms with van der Waals surface area (Å²) in [5.74, 6) is -0.0259. The standard InChI is InChI=1S/C19H17N3O2S/c1-14(11-15-7-3-2-4-8-15)12-20-22-18(23)13-25-19-21-16-9-5-6-10-17(16)24-19/h2-12H,13H2,1H3,(H,22,23)/b14-11+,20-12-. The van der Waals surface area contributed by atoms with E-state index in [1.165, 1.54) is 11.8 Å². The molecule has 1 amide bonds. The van der Waals surface area contributed by atoms with E-state index in [9.17, 15) is 4.79 Å². The van der Waals surface area contributed by atoms with Gasteiger partial charge in [-0.3, -0.25) is 4.79 Å². The summed E-state index contributed by atoms with van der Waals surface area (Å²) in [5, 5.41) is 4.44. The number of hydrazone groups is 1. The second-order valence-corrected chi connectivity index (χ2v) is 6.25. The number of para-hydroxylation sites is 2. The number of benzene rings is 2. The van der Waals surface area contributed by atoms with E-state index in [4.69, 9.17) is 4.42 Å². The lowest BCUT2D eigenvalue weighted by Crippen LogP contribution is -2.19. The number of thioether (sulfide) groups is 1. The zero-order valence-electron chi connectivity index (χ0n) is 13.7. The highest BCUT2D eigenvalue weighted by Gasteiger charge is 2.08. The molecule has 0 aliphatic rings. The molecule has 0 aliphatic heterocycles. The summed E-state index contributed by atoms with van der Waals surface area (Å²) in [4.78, 5) is 16.1. The van der Waals surface area contributed by atoms with Gasteiger partial charge in [-0.25, -0.2) is 10.4 Å². The van der Waals surface area contributed by atoms with Gasteiger partial charge < -0.3 is 4.42 Å². The van der Waals surface area contributed by atoms with E-state index < -0.39 is 0 Å². The zero-order chi connectivity index (χ0) is 17.5. The molecule has 0 radical (unpaired) electrons. The van der Waals surface area contributed by atoms with Crippen molar-refractivity contribution in [1.29, 1.82) is 0 Å². The van der Waals surface area contributed by atoms with Crippen LogP contribution in [0.5, 0.6) is 0 Å². The van der Waals surface area contributed by atoms with Crippen LogP contribution < -0.4 is 5.43 Å². The average Bonchev–Trinajstić information content (AvgIpc) is 3.04. The van der Waals surface area contributed by atoms with Crippen LogP contribution in [-0.2, 0) is 4.79 Å². The summed E-state index contributed by atoms with van der Waals surface area (Å²) >= 11 is 1.24. The van der Waals surface area contributed by atoms with Crippen LogP contribution in [0.15, 0.2) is 74.9 Å². The van der Waals surface area contributed by atoms with Crippen LogP contribution in [0.2, 0.25) is 0 Å². The van der Waals surface area contributed by atoms with E-state index in [1.54, 1.807) is 6.21 Å². The average molecular weight is 351 g/mol. The molecule has 0 unspecified atom stereocenters. The quantitative estimate of drug-likeness (QED) is 0.412. The maximum absolute atomic E-state index is 11.8. The number of hydrogen-bond donors (Lipinski definition) is 1. The van der Waals surface area contributed by atoms with Crippen LogP contribution in [0.4, 0.5) is 0 Å². The highest BCUT2D eigenvalue weighted by atomic mass is 32.2. The van der Waals surface area contributed by atoms with Gasteiger partial charge in [0.2, 0.25) is 0 Å². The molecule has 25 heavy (non-hydrogen) atoms. The second kappa shape index (κ2) is 8.30. The molecule has 0 spiro atoms. The first-order valence-corrected chi connectivity index (χ1v) is 8.73. The fourth-order valence-electron chi connectivity index (χ4n) is 2.13. The molecule has 6 heteroatoms. The van der Waals surface area contributed by atoms with Crippen LogP contribution in [0, 0.1) is 0 Å². The van der Waals surface area contributed by atoms with Crippen molar-refractivity contribution in [2.75, 3.05) is 5.75 Å². The molecule has 0 aliphatic carbocycles. The number of hydrogen-bond acceptors (Lipinski definition) is 5. The fourth-order valence-corrected chi connectivity index (χ4v) is 2.76. The summed E-state index contributed by atoms with van der Waals surface area (Å²) in [6.07, 6.45) is 3.61. The van der Waals surface area contributed by atoms with Gasteiger partial charge in [-0.05, 0) is 30.2 Å². The topological polar surface area (TPSA) is 67.5 Å². The number of amides is 1. The maximum Gasteiger partial charge on any atom is 0.257 e. The van der Waals surface area contributed by atoms with Gasteiger partial charge in [-0.15, -0.1) is 0 Å². The second-order valence-electron chi connectivity index (χ2n) is 5.33. The van der Waals surface area contributed by atoms with E-state index in [1.807, 2.05) is 67.6 Å². The molecular weight excluding hydrogens is 334 g/mol. The van der Waals surface area contributed by atoms with Crippen LogP contribution in [0.1, 0.15) is 12.5 Å². The molecule has 1 N–H and O–H groups in total. The van der Waals surface area contributed by atoms with Crippen molar-refractivity contribution in [3.63, 3.8) is 0 Å². The lowest BCUT2D eigenvalue weighted by molar-refractivity contribution is -0.118. The third-order valence-corrected chi connectivity index (χ3v) is 4.08. The molecule has 0 fully saturated rings. The number of carbonyl (C=O) groups excluding carboxylic acids is 1. The van der Waals surface area contributed by atoms with E-state index in [0.29, 0.717) is 10.8 Å². The molecule has 5 nitrogen and oxygen atoms in total. The minimum absolute atomic E-state index is 0.186. The third-order valence-electron chi connectivity index (χ3n) is 3.25. The molecule has 3 rings (SSSR count). The lowest BCUT2D eigenvalue weighted by atomic mass is 10.1. The summed E-state index contributed by atoms with van der Waals surface area (Å²) < 4.78 is 5.55. The molecule has 3 aromatic rings. The van der Waals surface area contributed by atoms with Gasteiger partial charge >= 0.3 is 0 Å². The van der Waals surface area contributed by atoms with E-state index >= 15 is 0 Å². The Hall–Kier alpha value is -2.86. The number of fused-ring (bicyclic) bond motifs is 1. The summed E-state index contributed by atoms with van der Waals surface area (Å²) in [6.45, 7) is 1.93. The molecule has 1 heterocycles. The van der Waals surface area contributed by atoms with Crippen LogP contribution in [0.25, 0.3) is 17.2 Å². The lowest BCUT2D eigenvalue weighted by Gasteiger charge is -1.98. The predicted octanol–water partition coefficient (Wildman–Crippen LogP) is 4.13. The highest BCUT2D eigenvalue weighted by molar-refractivity contribution is 7.99. The van der Waals surface area contributed by atoms with Crippen LogP contribution in [0.3, 0.4) is 0 Å². The van der Waals surface area contributed by atoms with Gasteiger partial charge in [0.05, 0.1) is 12.0 Å². The van der Waals surface area contributed by atoms with Gasteiger partial charge in [0.15, 0.2) is 5.58 Å². The normalized spacial score (nSPS) is 12.0. The smallest absolute Gasteiger partial charge is 0.257 e. The van der Waals surface area contributed by atoms with E-state index in [0.717, 1.165) is 16.7 Å². The van der Waals surface area contributed by atoms with Crippen LogP contribution in [-0.4, -0.2) is 22.9 Å². The van der Waals surface area contributed by atoms with Crippen molar-refractivity contribution in [3.8, 4) is 0 Å². The zero-order valence-corrected chi connectivity index (χ0v) is 14.5. The van der Waals surface area contributed by atoms with Gasteiger partial charge in [-0.2, -0.15) is 5.10 Å². The van der Waals surface area contributed by atoms with Crippen molar-refractivity contribution in [2.24, 2.45) is 5.10 Å². The van der Waals surface area contributed by atoms with Gasteiger partial charge in [-0.1, -0.05) is 60.3 Å². The Morgan fingerprint density at radius 3 is 2.76 bits per heavy atom. The summed E-state index contributed by atoms with van der Waals surface area (Å²) in [5.41, 5.74) is 6.03. The van der Waals surface area contributed by atoms with Crippen molar-refractivity contribution >= 4 is 41.1 Å². The van der Waals surface area contributed by atoms with Crippen molar-refractivity contribution < 1.29 is 9.21 Å². The number of nitrogens with zero attached hydrogens (tertiary/aromatic N) is 2. The molecule has 2 aromatic carbocycles. The minimum atomic E-state index is -0.212. The van der Waals surface area contributed by atoms with Crippen molar-refractivity contribution in [1.82, 2.24) is 10.4 Å². The maximum atomic E-state index is 11.8. The van der Waals surface area contributed by atoms with Crippen molar-refractivity contribution in [2.45, 2.75) is 12.1 Å². The monoisotopic (exact) mass is 351 g/mol. The van der Waals surface area contributed by atoms with Crippen molar-refractivity contribution in [3.05, 3.63) is 65.7 Å². The first-order chi connectivity index (χ1) is 12.2. The Kier molecular flexibility index (Phi) is 5.64. The molecule has 0 saturated heterocycles. The molecular formula is C19H17N3O2S. The SMILES string of the molecule is CC(/C=N\NC(=O)CSc1nc2ccccc2o1)=C\c1ccccc1. The predicted molar refractivity (Wildman–Crippen MR) is 101 cm³/mol. The summed E-state index contributed by atoms with van der Waals surface area (Å²) in [7, 11) is 0.